The summed E-state index contributed by atoms with van der Waals surface area (Å²) < 4.78 is 5.09. The first-order chi connectivity index (χ1) is 14.0. The molecule has 2 aromatic heterocycles. The molecule has 3 heterocycles. The van der Waals surface area contributed by atoms with E-state index in [-0.39, 0.29) is 31.2 Å². The second-order valence-corrected chi connectivity index (χ2v) is 7.31. The second-order valence-electron chi connectivity index (χ2n) is 7.31. The number of fused-ring (bicyclic) bond motifs is 1. The number of likely N-dealkylation sites (tertiary alicyclic amines) is 1. The lowest BCUT2D eigenvalue weighted by Gasteiger charge is -2.23. The number of aromatic nitrogens is 2. The molecule has 3 aromatic rings. The van der Waals surface area contributed by atoms with Crippen LogP contribution in [0.1, 0.15) is 23.4 Å². The summed E-state index contributed by atoms with van der Waals surface area (Å²) in [5.41, 5.74) is 2.46. The summed E-state index contributed by atoms with van der Waals surface area (Å²) in [6.07, 6.45) is 1.22. The van der Waals surface area contributed by atoms with Crippen LogP contribution in [0.5, 0.6) is 0 Å². The Morgan fingerprint density at radius 3 is 2.97 bits per heavy atom. The standard InChI is InChI=1S/C21H22N4O4/c1-13-7-17(29-24-13)10-20(27)25-12-16(26)9-19(25)21(28)23-11-14-4-5-15-3-2-6-22-18(15)8-14/h2-8,16,19,26H,9-12H2,1H3,(H,23,28). The van der Waals surface area contributed by atoms with Gasteiger partial charge in [-0.1, -0.05) is 23.4 Å². The van der Waals surface area contributed by atoms with Crippen LogP contribution in [-0.4, -0.2) is 50.7 Å². The van der Waals surface area contributed by atoms with Gasteiger partial charge in [-0.15, -0.1) is 0 Å². The Morgan fingerprint density at radius 1 is 1.31 bits per heavy atom. The summed E-state index contributed by atoms with van der Waals surface area (Å²) in [5, 5.41) is 17.7. The fourth-order valence-electron chi connectivity index (χ4n) is 3.62. The Balaban J connectivity index is 1.40. The number of rotatable bonds is 5. The number of nitrogens with zero attached hydrogens (tertiary/aromatic N) is 3. The van der Waals surface area contributed by atoms with Crippen LogP contribution >= 0.6 is 0 Å². The zero-order chi connectivity index (χ0) is 20.4. The van der Waals surface area contributed by atoms with Gasteiger partial charge in [0.1, 0.15) is 11.8 Å². The van der Waals surface area contributed by atoms with Gasteiger partial charge in [0.05, 0.1) is 23.7 Å². The van der Waals surface area contributed by atoms with Crippen molar-refractivity contribution in [1.82, 2.24) is 20.4 Å². The van der Waals surface area contributed by atoms with Gasteiger partial charge in [-0.3, -0.25) is 14.6 Å². The monoisotopic (exact) mass is 394 g/mol. The number of hydrogen-bond acceptors (Lipinski definition) is 6. The molecular formula is C21H22N4O4. The topological polar surface area (TPSA) is 109 Å². The predicted octanol–water partition coefficient (Wildman–Crippen LogP) is 1.35. The minimum absolute atomic E-state index is 0.00762. The molecule has 1 aliphatic rings. The van der Waals surface area contributed by atoms with Gasteiger partial charge >= 0.3 is 0 Å². The molecule has 1 saturated heterocycles. The van der Waals surface area contributed by atoms with Crippen molar-refractivity contribution in [2.24, 2.45) is 0 Å². The smallest absolute Gasteiger partial charge is 0.243 e. The van der Waals surface area contributed by atoms with E-state index in [1.807, 2.05) is 30.3 Å². The van der Waals surface area contributed by atoms with Gasteiger partial charge in [0.25, 0.3) is 0 Å². The average Bonchev–Trinajstić information content (AvgIpc) is 3.31. The van der Waals surface area contributed by atoms with E-state index in [2.05, 4.69) is 15.5 Å². The number of benzene rings is 1. The number of aryl methyl sites for hydroxylation is 1. The normalized spacial score (nSPS) is 18.9. The largest absolute Gasteiger partial charge is 0.391 e. The van der Waals surface area contributed by atoms with E-state index in [0.29, 0.717) is 18.0 Å². The maximum Gasteiger partial charge on any atom is 0.243 e. The van der Waals surface area contributed by atoms with Crippen molar-refractivity contribution >= 4 is 22.7 Å². The maximum atomic E-state index is 12.7. The van der Waals surface area contributed by atoms with Gasteiger partial charge in [-0.05, 0) is 24.6 Å². The fraction of sp³-hybridized carbons (Fsp3) is 0.333. The van der Waals surface area contributed by atoms with Gasteiger partial charge in [-0.2, -0.15) is 0 Å². The summed E-state index contributed by atoms with van der Waals surface area (Å²) in [6, 6.07) is 10.6. The van der Waals surface area contributed by atoms with Gasteiger partial charge < -0.3 is 19.8 Å². The lowest BCUT2D eigenvalue weighted by molar-refractivity contribution is -0.138. The highest BCUT2D eigenvalue weighted by Crippen LogP contribution is 2.20. The first-order valence-corrected chi connectivity index (χ1v) is 9.50. The third-order valence-corrected chi connectivity index (χ3v) is 5.04. The third-order valence-electron chi connectivity index (χ3n) is 5.04. The minimum Gasteiger partial charge on any atom is -0.391 e. The molecule has 2 N–H and O–H groups in total. The summed E-state index contributed by atoms with van der Waals surface area (Å²) >= 11 is 0. The van der Waals surface area contributed by atoms with E-state index in [1.165, 1.54) is 4.90 Å². The van der Waals surface area contributed by atoms with E-state index in [1.54, 1.807) is 19.2 Å². The van der Waals surface area contributed by atoms with Crippen molar-refractivity contribution in [3.8, 4) is 0 Å². The molecule has 0 bridgehead atoms. The summed E-state index contributed by atoms with van der Waals surface area (Å²) in [6.45, 7) is 2.22. The van der Waals surface area contributed by atoms with Gasteiger partial charge in [0.15, 0.2) is 0 Å². The molecule has 1 aromatic carbocycles. The SMILES string of the molecule is Cc1cc(CC(=O)N2CC(O)CC2C(=O)NCc2ccc3cccnc3c2)on1. The van der Waals surface area contributed by atoms with E-state index in [4.69, 9.17) is 4.52 Å². The molecule has 8 nitrogen and oxygen atoms in total. The van der Waals surface area contributed by atoms with Crippen LogP contribution in [0.4, 0.5) is 0 Å². The number of nitrogens with one attached hydrogen (secondary N) is 1. The van der Waals surface area contributed by atoms with E-state index < -0.39 is 12.1 Å². The van der Waals surface area contributed by atoms with Gasteiger partial charge in [0, 0.05) is 37.2 Å². The van der Waals surface area contributed by atoms with Crippen molar-refractivity contribution in [1.29, 1.82) is 0 Å². The molecule has 0 saturated carbocycles. The lowest BCUT2D eigenvalue weighted by atomic mass is 10.1. The Bertz CT molecular complexity index is 1050. The number of hydrogen-bond donors (Lipinski definition) is 2. The van der Waals surface area contributed by atoms with Crippen LogP contribution in [0.15, 0.2) is 47.1 Å². The third kappa shape index (κ3) is 4.27. The average molecular weight is 394 g/mol. The van der Waals surface area contributed by atoms with Crippen LogP contribution < -0.4 is 5.32 Å². The Hall–Kier alpha value is -3.26. The van der Waals surface area contributed by atoms with E-state index in [9.17, 15) is 14.7 Å². The van der Waals surface area contributed by atoms with Crippen molar-refractivity contribution in [3.05, 3.63) is 59.6 Å². The highest BCUT2D eigenvalue weighted by Gasteiger charge is 2.38. The zero-order valence-electron chi connectivity index (χ0n) is 16.0. The van der Waals surface area contributed by atoms with Gasteiger partial charge in [0.2, 0.25) is 11.8 Å². The molecule has 0 aliphatic carbocycles. The Kier molecular flexibility index (Phi) is 5.26. The first-order valence-electron chi connectivity index (χ1n) is 9.50. The number of aliphatic hydroxyl groups excluding tert-OH is 1. The van der Waals surface area contributed by atoms with Crippen molar-refractivity contribution in [2.75, 3.05) is 6.54 Å². The molecule has 0 radical (unpaired) electrons. The molecule has 2 amide bonds. The predicted molar refractivity (Wildman–Crippen MR) is 105 cm³/mol. The lowest BCUT2D eigenvalue weighted by Crippen LogP contribution is -2.46. The van der Waals surface area contributed by atoms with Crippen LogP contribution in [0.25, 0.3) is 10.9 Å². The fourth-order valence-corrected chi connectivity index (χ4v) is 3.62. The molecule has 150 valence electrons. The van der Waals surface area contributed by atoms with Crippen LogP contribution in [-0.2, 0) is 22.6 Å². The maximum absolute atomic E-state index is 12.7. The molecule has 1 aliphatic heterocycles. The Labute approximate surface area is 167 Å². The summed E-state index contributed by atoms with van der Waals surface area (Å²) in [5.74, 6) is -0.116. The number of carbonyl (C=O) groups excluding carboxylic acids is 2. The number of amides is 2. The highest BCUT2D eigenvalue weighted by atomic mass is 16.5. The van der Waals surface area contributed by atoms with E-state index in [0.717, 1.165) is 16.5 Å². The number of pyridine rings is 1. The number of β-amino-alcohol motifs (C(OH)–C–C–N with tert-alkyl or cyclic N) is 1. The highest BCUT2D eigenvalue weighted by molar-refractivity contribution is 5.89. The van der Waals surface area contributed by atoms with Crippen molar-refractivity contribution in [3.63, 3.8) is 0 Å². The van der Waals surface area contributed by atoms with Crippen LogP contribution in [0.3, 0.4) is 0 Å². The quantitative estimate of drug-likeness (QED) is 0.676. The minimum atomic E-state index is -0.726. The van der Waals surface area contributed by atoms with Crippen LogP contribution in [0.2, 0.25) is 0 Å². The van der Waals surface area contributed by atoms with Gasteiger partial charge in [-0.25, -0.2) is 0 Å². The molecule has 1 fully saturated rings. The van der Waals surface area contributed by atoms with Crippen molar-refractivity contribution in [2.45, 2.75) is 38.5 Å². The molecule has 0 spiro atoms. The second kappa shape index (κ2) is 8.00. The molecule has 2 unspecified atom stereocenters. The number of carbonyl (C=O) groups is 2. The Morgan fingerprint density at radius 2 is 2.17 bits per heavy atom. The number of aliphatic hydroxyl groups is 1. The molecular weight excluding hydrogens is 372 g/mol. The molecule has 29 heavy (non-hydrogen) atoms. The van der Waals surface area contributed by atoms with Crippen molar-refractivity contribution < 1.29 is 19.2 Å². The molecule has 4 rings (SSSR count). The summed E-state index contributed by atoms with van der Waals surface area (Å²) in [7, 11) is 0. The van der Waals surface area contributed by atoms with Crippen LogP contribution in [0, 0.1) is 6.92 Å². The first kappa shape index (κ1) is 19.1. The molecule has 8 heteroatoms. The summed E-state index contributed by atoms with van der Waals surface area (Å²) in [4.78, 5) is 31.1. The van der Waals surface area contributed by atoms with E-state index >= 15 is 0 Å². The zero-order valence-corrected chi connectivity index (χ0v) is 16.0. The molecule has 2 atom stereocenters.